The van der Waals surface area contributed by atoms with E-state index in [1.807, 2.05) is 36.4 Å². The summed E-state index contributed by atoms with van der Waals surface area (Å²) in [6, 6.07) is 9.82. The van der Waals surface area contributed by atoms with E-state index in [0.717, 1.165) is 16.7 Å². The first kappa shape index (κ1) is 23.2. The van der Waals surface area contributed by atoms with Crippen molar-refractivity contribution in [3.05, 3.63) is 87.4 Å². The van der Waals surface area contributed by atoms with Crippen molar-refractivity contribution < 1.29 is 27.5 Å². The van der Waals surface area contributed by atoms with Crippen molar-refractivity contribution in [2.45, 2.75) is 19.2 Å². The Hall–Kier alpha value is -3.53. The molecule has 0 radical (unpaired) electrons. The number of carbonyl (C=O) groups excluding carboxylic acids is 2. The zero-order valence-electron chi connectivity index (χ0n) is 18.1. The highest BCUT2D eigenvalue weighted by molar-refractivity contribution is 9.10. The highest BCUT2D eigenvalue weighted by atomic mass is 79.9. The van der Waals surface area contributed by atoms with Crippen molar-refractivity contribution in [1.29, 1.82) is 0 Å². The molecular weight excluding hydrogens is 527 g/mol. The molecule has 2 amide bonds. The van der Waals surface area contributed by atoms with E-state index in [9.17, 15) is 22.8 Å². The fourth-order valence-electron chi connectivity index (χ4n) is 4.38. The van der Waals surface area contributed by atoms with Gasteiger partial charge >= 0.3 is 6.36 Å². The number of carbonyl (C=O) groups is 2. The zero-order chi connectivity index (χ0) is 24.7. The molecule has 2 aromatic rings. The minimum Gasteiger partial charge on any atom is -0.406 e. The molecule has 35 heavy (non-hydrogen) atoms. The molecule has 0 aromatic heterocycles. The summed E-state index contributed by atoms with van der Waals surface area (Å²) in [6.45, 7) is 0.367. The van der Waals surface area contributed by atoms with Gasteiger partial charge in [-0.05, 0) is 51.2 Å². The predicted octanol–water partition coefficient (Wildman–Crippen LogP) is 5.93. The first-order chi connectivity index (χ1) is 16.7. The number of benzene rings is 2. The number of hydrogen-bond donors (Lipinski definition) is 0. The Bertz CT molecular complexity index is 1340. The molecule has 2 aromatic carbocycles. The largest absolute Gasteiger partial charge is 0.573 e. The molecule has 1 unspecified atom stereocenters. The summed E-state index contributed by atoms with van der Waals surface area (Å²) in [5.41, 5.74) is 4.11. The molecule has 0 spiro atoms. The Morgan fingerprint density at radius 3 is 2.66 bits per heavy atom. The SMILES string of the molecule is O=C1N=NC(c2ccc(CC(=O)N3CCc4cc(OC(F)(F)F)cc(Br)c43)cc2)=C2C=CC=CC12. The summed E-state index contributed by atoms with van der Waals surface area (Å²) in [5, 5.41) is 7.85. The number of amides is 2. The van der Waals surface area contributed by atoms with E-state index >= 15 is 0 Å². The van der Waals surface area contributed by atoms with E-state index in [4.69, 9.17) is 0 Å². The van der Waals surface area contributed by atoms with Crippen LogP contribution in [0, 0.1) is 5.92 Å². The summed E-state index contributed by atoms with van der Waals surface area (Å²) in [7, 11) is 0. The summed E-state index contributed by atoms with van der Waals surface area (Å²) in [6.07, 6.45) is 3.04. The zero-order valence-corrected chi connectivity index (χ0v) is 19.6. The van der Waals surface area contributed by atoms with Gasteiger partial charge in [-0.3, -0.25) is 9.59 Å². The van der Waals surface area contributed by atoms with Crippen LogP contribution in [0.4, 0.5) is 18.9 Å². The second kappa shape index (κ2) is 8.92. The van der Waals surface area contributed by atoms with E-state index in [0.29, 0.717) is 34.4 Å². The molecule has 6 nitrogen and oxygen atoms in total. The minimum atomic E-state index is -4.79. The third-order valence-electron chi connectivity index (χ3n) is 5.92. The van der Waals surface area contributed by atoms with Crippen molar-refractivity contribution in [1.82, 2.24) is 0 Å². The lowest BCUT2D eigenvalue weighted by atomic mass is 9.89. The maximum atomic E-state index is 13.1. The Morgan fingerprint density at radius 2 is 1.91 bits per heavy atom. The fraction of sp³-hybridized carbons (Fsp3) is 0.200. The molecule has 3 aliphatic rings. The van der Waals surface area contributed by atoms with E-state index in [2.05, 4.69) is 30.9 Å². The van der Waals surface area contributed by atoms with Crippen molar-refractivity contribution in [3.63, 3.8) is 0 Å². The number of anilines is 1. The van der Waals surface area contributed by atoms with E-state index in [1.54, 1.807) is 17.1 Å². The molecule has 1 atom stereocenters. The first-order valence-electron chi connectivity index (χ1n) is 10.7. The number of alkyl halides is 3. The molecule has 1 aliphatic carbocycles. The Kier molecular flexibility index (Phi) is 5.92. The van der Waals surface area contributed by atoms with Crippen LogP contribution in [0.2, 0.25) is 0 Å². The number of halogens is 4. The molecule has 10 heteroatoms. The normalized spacial score (nSPS) is 18.7. The molecule has 0 bridgehead atoms. The first-order valence-corrected chi connectivity index (χ1v) is 11.5. The summed E-state index contributed by atoms with van der Waals surface area (Å²) in [5.74, 6) is -1.24. The number of allylic oxidation sites excluding steroid dienone is 3. The van der Waals surface area contributed by atoms with Gasteiger partial charge in [0.2, 0.25) is 5.91 Å². The quantitative estimate of drug-likeness (QED) is 0.480. The number of azo groups is 1. The summed E-state index contributed by atoms with van der Waals surface area (Å²) >= 11 is 3.29. The topological polar surface area (TPSA) is 71.3 Å². The van der Waals surface area contributed by atoms with Gasteiger partial charge in [0.15, 0.2) is 0 Å². The van der Waals surface area contributed by atoms with Crippen LogP contribution in [0.5, 0.6) is 5.75 Å². The number of ether oxygens (including phenoxy) is 1. The van der Waals surface area contributed by atoms with Crippen LogP contribution < -0.4 is 9.64 Å². The van der Waals surface area contributed by atoms with Gasteiger partial charge in [0, 0.05) is 16.6 Å². The minimum absolute atomic E-state index is 0.115. The third kappa shape index (κ3) is 4.70. The molecule has 0 N–H and O–H groups in total. The van der Waals surface area contributed by atoms with Crippen LogP contribution in [0.15, 0.2) is 81.0 Å². The Morgan fingerprint density at radius 1 is 1.14 bits per heavy atom. The van der Waals surface area contributed by atoms with E-state index in [-0.39, 0.29) is 24.0 Å². The molecule has 5 rings (SSSR count). The van der Waals surface area contributed by atoms with Crippen LogP contribution in [0.1, 0.15) is 16.7 Å². The standard InChI is InChI=1S/C25H17BrF3N3O3/c26-20-13-17(35-25(27,28)29)12-16-9-10-32(23(16)20)21(33)11-14-5-7-15(8-6-14)22-18-3-1-2-4-19(18)24(34)31-30-22/h1-8,12-13,19H,9-11H2. The smallest absolute Gasteiger partial charge is 0.406 e. The monoisotopic (exact) mass is 543 g/mol. The van der Waals surface area contributed by atoms with Gasteiger partial charge in [-0.25, -0.2) is 0 Å². The number of nitrogens with zero attached hydrogens (tertiary/aromatic N) is 3. The van der Waals surface area contributed by atoms with E-state index < -0.39 is 12.3 Å². The number of fused-ring (bicyclic) bond motifs is 2. The lowest BCUT2D eigenvalue weighted by Gasteiger charge is -2.20. The second-order valence-corrected chi connectivity index (χ2v) is 9.05. The van der Waals surface area contributed by atoms with Crippen LogP contribution >= 0.6 is 15.9 Å². The third-order valence-corrected chi connectivity index (χ3v) is 6.53. The number of hydrogen-bond acceptors (Lipinski definition) is 4. The van der Waals surface area contributed by atoms with Crippen LogP contribution in [0.25, 0.3) is 5.70 Å². The molecule has 0 fully saturated rings. The Balaban J connectivity index is 1.33. The summed E-state index contributed by atoms with van der Waals surface area (Å²) in [4.78, 5) is 26.6. The lowest BCUT2D eigenvalue weighted by Crippen LogP contribution is -2.30. The van der Waals surface area contributed by atoms with Crippen LogP contribution in [0.3, 0.4) is 0 Å². The predicted molar refractivity (Wildman–Crippen MR) is 126 cm³/mol. The molecule has 2 heterocycles. The van der Waals surface area contributed by atoms with Crippen LogP contribution in [-0.2, 0) is 22.4 Å². The molecule has 178 valence electrons. The van der Waals surface area contributed by atoms with Gasteiger partial charge in [-0.1, -0.05) is 48.6 Å². The molecule has 0 saturated heterocycles. The van der Waals surface area contributed by atoms with Crippen molar-refractivity contribution in [3.8, 4) is 5.75 Å². The maximum Gasteiger partial charge on any atom is 0.573 e. The fourth-order valence-corrected chi connectivity index (χ4v) is 5.08. The lowest BCUT2D eigenvalue weighted by molar-refractivity contribution is -0.274. The van der Waals surface area contributed by atoms with E-state index in [1.165, 1.54) is 12.1 Å². The van der Waals surface area contributed by atoms with Gasteiger partial charge in [-0.2, -0.15) is 0 Å². The highest BCUT2D eigenvalue weighted by Crippen LogP contribution is 2.40. The van der Waals surface area contributed by atoms with Gasteiger partial charge in [0.25, 0.3) is 5.91 Å². The van der Waals surface area contributed by atoms with Gasteiger partial charge in [-0.15, -0.1) is 23.4 Å². The maximum absolute atomic E-state index is 13.1. The average molecular weight is 544 g/mol. The molecule has 0 saturated carbocycles. The van der Waals surface area contributed by atoms with Crippen molar-refractivity contribution in [2.75, 3.05) is 11.4 Å². The molecular formula is C25H17BrF3N3O3. The van der Waals surface area contributed by atoms with Crippen LogP contribution in [-0.4, -0.2) is 24.7 Å². The number of rotatable bonds is 4. The summed E-state index contributed by atoms with van der Waals surface area (Å²) < 4.78 is 42.1. The van der Waals surface area contributed by atoms with Crippen molar-refractivity contribution >= 4 is 39.1 Å². The van der Waals surface area contributed by atoms with Gasteiger partial charge < -0.3 is 9.64 Å². The van der Waals surface area contributed by atoms with Gasteiger partial charge in [0.05, 0.1) is 23.7 Å². The average Bonchev–Trinajstić information content (AvgIpc) is 3.24. The highest BCUT2D eigenvalue weighted by Gasteiger charge is 2.33. The van der Waals surface area contributed by atoms with Crippen molar-refractivity contribution in [2.24, 2.45) is 16.1 Å². The second-order valence-electron chi connectivity index (χ2n) is 8.19. The Labute approximate surface area is 206 Å². The molecule has 2 aliphatic heterocycles. The van der Waals surface area contributed by atoms with Gasteiger partial charge in [0.1, 0.15) is 5.75 Å².